The van der Waals surface area contributed by atoms with Crippen LogP contribution < -0.4 is 26.1 Å². The summed E-state index contributed by atoms with van der Waals surface area (Å²) in [6.07, 6.45) is 0. The Labute approximate surface area is 104 Å². The number of amides is 2. The Morgan fingerprint density at radius 1 is 1.22 bits per heavy atom. The zero-order chi connectivity index (χ0) is 13.5. The molecule has 0 spiro atoms. The SMILES string of the molecule is COc1ccc(C(=O)NCC(=O)NN)cc1OC. The van der Waals surface area contributed by atoms with Crippen LogP contribution in [0, 0.1) is 0 Å². The number of hydrogen-bond acceptors (Lipinski definition) is 5. The molecule has 7 nitrogen and oxygen atoms in total. The second-order valence-corrected chi connectivity index (χ2v) is 3.32. The van der Waals surface area contributed by atoms with E-state index in [9.17, 15) is 9.59 Å². The van der Waals surface area contributed by atoms with E-state index in [1.165, 1.54) is 20.3 Å². The molecule has 0 heterocycles. The molecular formula is C11H15N3O4. The van der Waals surface area contributed by atoms with Gasteiger partial charge in [0, 0.05) is 5.56 Å². The van der Waals surface area contributed by atoms with Crippen molar-refractivity contribution in [2.45, 2.75) is 0 Å². The van der Waals surface area contributed by atoms with Gasteiger partial charge in [-0.2, -0.15) is 0 Å². The molecule has 1 aromatic carbocycles. The molecule has 0 aliphatic rings. The van der Waals surface area contributed by atoms with Gasteiger partial charge in [0.25, 0.3) is 11.8 Å². The first kappa shape index (κ1) is 13.8. The maximum Gasteiger partial charge on any atom is 0.253 e. The molecule has 4 N–H and O–H groups in total. The highest BCUT2D eigenvalue weighted by Crippen LogP contribution is 2.27. The van der Waals surface area contributed by atoms with Gasteiger partial charge in [0.05, 0.1) is 20.8 Å². The summed E-state index contributed by atoms with van der Waals surface area (Å²) in [4.78, 5) is 22.6. The molecule has 7 heteroatoms. The van der Waals surface area contributed by atoms with Crippen molar-refractivity contribution in [2.75, 3.05) is 20.8 Å². The van der Waals surface area contributed by atoms with E-state index in [1.807, 2.05) is 5.43 Å². The Balaban J connectivity index is 2.77. The van der Waals surface area contributed by atoms with Crippen molar-refractivity contribution in [3.8, 4) is 11.5 Å². The van der Waals surface area contributed by atoms with Crippen molar-refractivity contribution in [3.63, 3.8) is 0 Å². The summed E-state index contributed by atoms with van der Waals surface area (Å²) in [5.41, 5.74) is 2.27. The Morgan fingerprint density at radius 3 is 2.44 bits per heavy atom. The van der Waals surface area contributed by atoms with Crippen molar-refractivity contribution in [1.82, 2.24) is 10.7 Å². The van der Waals surface area contributed by atoms with E-state index in [2.05, 4.69) is 5.32 Å². The highest BCUT2D eigenvalue weighted by atomic mass is 16.5. The third-order valence-corrected chi connectivity index (χ3v) is 2.22. The second kappa shape index (κ2) is 6.45. The second-order valence-electron chi connectivity index (χ2n) is 3.32. The third kappa shape index (κ3) is 3.36. The van der Waals surface area contributed by atoms with Crippen LogP contribution in [0.1, 0.15) is 10.4 Å². The number of nitrogens with two attached hydrogens (primary N) is 1. The van der Waals surface area contributed by atoms with E-state index in [4.69, 9.17) is 15.3 Å². The van der Waals surface area contributed by atoms with Gasteiger partial charge in [-0.05, 0) is 18.2 Å². The quantitative estimate of drug-likeness (QED) is 0.370. The number of rotatable bonds is 5. The monoisotopic (exact) mass is 253 g/mol. The Hall–Kier alpha value is -2.28. The molecule has 0 saturated heterocycles. The first-order valence-electron chi connectivity index (χ1n) is 5.12. The smallest absolute Gasteiger partial charge is 0.253 e. The van der Waals surface area contributed by atoms with Crippen LogP contribution in [0.15, 0.2) is 18.2 Å². The maximum absolute atomic E-state index is 11.7. The molecule has 98 valence electrons. The van der Waals surface area contributed by atoms with Gasteiger partial charge in [0.2, 0.25) is 0 Å². The normalized spacial score (nSPS) is 9.50. The molecule has 1 rings (SSSR count). The Bertz CT molecular complexity index is 448. The van der Waals surface area contributed by atoms with Crippen molar-refractivity contribution in [1.29, 1.82) is 0 Å². The topological polar surface area (TPSA) is 103 Å². The van der Waals surface area contributed by atoms with Crippen LogP contribution in [0.5, 0.6) is 11.5 Å². The molecule has 1 aromatic rings. The summed E-state index contributed by atoms with van der Waals surface area (Å²) in [6, 6.07) is 4.70. The molecule has 0 bridgehead atoms. The molecule has 0 aromatic heterocycles. The van der Waals surface area contributed by atoms with Crippen LogP contribution in [0.25, 0.3) is 0 Å². The number of carbonyl (C=O) groups excluding carboxylic acids is 2. The average molecular weight is 253 g/mol. The van der Waals surface area contributed by atoms with Gasteiger partial charge in [-0.1, -0.05) is 0 Å². The molecule has 0 atom stereocenters. The summed E-state index contributed by atoms with van der Waals surface area (Å²) in [6.45, 7) is -0.191. The molecule has 0 saturated carbocycles. The lowest BCUT2D eigenvalue weighted by atomic mass is 10.2. The molecule has 0 radical (unpaired) electrons. The van der Waals surface area contributed by atoms with Gasteiger partial charge < -0.3 is 14.8 Å². The van der Waals surface area contributed by atoms with Crippen LogP contribution in [0.3, 0.4) is 0 Å². The van der Waals surface area contributed by atoms with E-state index in [0.717, 1.165) is 0 Å². The van der Waals surface area contributed by atoms with Gasteiger partial charge >= 0.3 is 0 Å². The summed E-state index contributed by atoms with van der Waals surface area (Å²) < 4.78 is 10.1. The Kier molecular flexibility index (Phi) is 4.94. The lowest BCUT2D eigenvalue weighted by Crippen LogP contribution is -2.40. The van der Waals surface area contributed by atoms with E-state index in [-0.39, 0.29) is 6.54 Å². The first-order chi connectivity index (χ1) is 8.62. The maximum atomic E-state index is 11.7. The van der Waals surface area contributed by atoms with Crippen LogP contribution in [0.2, 0.25) is 0 Å². The van der Waals surface area contributed by atoms with Gasteiger partial charge in [-0.3, -0.25) is 15.0 Å². The molecule has 18 heavy (non-hydrogen) atoms. The van der Waals surface area contributed by atoms with Gasteiger partial charge in [0.15, 0.2) is 11.5 Å². The minimum atomic E-state index is -0.483. The van der Waals surface area contributed by atoms with Crippen LogP contribution in [0.4, 0.5) is 0 Å². The van der Waals surface area contributed by atoms with E-state index >= 15 is 0 Å². The van der Waals surface area contributed by atoms with Crippen molar-refractivity contribution < 1.29 is 19.1 Å². The first-order valence-corrected chi connectivity index (χ1v) is 5.12. The lowest BCUT2D eigenvalue weighted by Gasteiger charge is -2.09. The lowest BCUT2D eigenvalue weighted by molar-refractivity contribution is -0.120. The summed E-state index contributed by atoms with van der Waals surface area (Å²) in [5.74, 6) is 4.97. The predicted molar refractivity (Wildman–Crippen MR) is 64.2 cm³/mol. The zero-order valence-corrected chi connectivity index (χ0v) is 10.1. The molecule has 2 amide bonds. The predicted octanol–water partition coefficient (Wildman–Crippen LogP) is -0.576. The fourth-order valence-corrected chi connectivity index (χ4v) is 1.29. The van der Waals surface area contributed by atoms with Gasteiger partial charge in [-0.25, -0.2) is 5.84 Å². The molecule has 0 aliphatic heterocycles. The standard InChI is InChI=1S/C11H15N3O4/c1-17-8-4-3-7(5-9(8)18-2)11(16)13-6-10(15)14-12/h3-5H,6,12H2,1-2H3,(H,13,16)(H,14,15). The van der Waals surface area contributed by atoms with Gasteiger partial charge in [-0.15, -0.1) is 0 Å². The number of ether oxygens (including phenoxy) is 2. The number of nitrogens with one attached hydrogen (secondary N) is 2. The molecular weight excluding hydrogens is 238 g/mol. The number of carbonyl (C=O) groups is 2. The molecule has 0 fully saturated rings. The van der Waals surface area contributed by atoms with Crippen molar-refractivity contribution in [3.05, 3.63) is 23.8 Å². The van der Waals surface area contributed by atoms with Crippen LogP contribution in [-0.4, -0.2) is 32.6 Å². The minimum absolute atomic E-state index is 0.191. The number of benzene rings is 1. The summed E-state index contributed by atoms with van der Waals surface area (Å²) in [5, 5.41) is 2.41. The minimum Gasteiger partial charge on any atom is -0.493 e. The van der Waals surface area contributed by atoms with Crippen molar-refractivity contribution in [2.24, 2.45) is 5.84 Å². The number of hydrazine groups is 1. The van der Waals surface area contributed by atoms with Crippen LogP contribution in [-0.2, 0) is 4.79 Å². The van der Waals surface area contributed by atoms with Gasteiger partial charge in [0.1, 0.15) is 0 Å². The summed E-state index contributed by atoms with van der Waals surface area (Å²) >= 11 is 0. The third-order valence-electron chi connectivity index (χ3n) is 2.22. The van der Waals surface area contributed by atoms with E-state index < -0.39 is 11.8 Å². The fourth-order valence-electron chi connectivity index (χ4n) is 1.29. The van der Waals surface area contributed by atoms with E-state index in [0.29, 0.717) is 17.1 Å². The Morgan fingerprint density at radius 2 is 1.89 bits per heavy atom. The van der Waals surface area contributed by atoms with E-state index in [1.54, 1.807) is 12.1 Å². The zero-order valence-electron chi connectivity index (χ0n) is 10.1. The highest BCUT2D eigenvalue weighted by molar-refractivity contribution is 5.96. The molecule has 0 unspecified atom stereocenters. The van der Waals surface area contributed by atoms with Crippen molar-refractivity contribution >= 4 is 11.8 Å². The van der Waals surface area contributed by atoms with Crippen LogP contribution >= 0.6 is 0 Å². The summed E-state index contributed by atoms with van der Waals surface area (Å²) in [7, 11) is 2.98. The molecule has 0 aliphatic carbocycles. The fraction of sp³-hybridized carbons (Fsp3) is 0.273. The number of hydrogen-bond donors (Lipinski definition) is 3. The highest BCUT2D eigenvalue weighted by Gasteiger charge is 2.11. The number of methoxy groups -OCH3 is 2. The average Bonchev–Trinajstić information content (AvgIpc) is 2.43. The largest absolute Gasteiger partial charge is 0.493 e.